The van der Waals surface area contributed by atoms with Gasteiger partial charge in [0.05, 0.1) is 5.41 Å². The zero-order chi connectivity index (χ0) is 16.9. The van der Waals surface area contributed by atoms with Crippen LogP contribution in [-0.4, -0.2) is 17.1 Å². The van der Waals surface area contributed by atoms with E-state index >= 15 is 0 Å². The molecule has 0 heterocycles. The lowest BCUT2D eigenvalue weighted by Gasteiger charge is -2.49. The normalized spacial score (nSPS) is 30.0. The average Bonchev–Trinajstić information content (AvgIpc) is 2.46. The predicted octanol–water partition coefficient (Wildman–Crippen LogP) is 4.34. The molecule has 23 heavy (non-hydrogen) atoms. The van der Waals surface area contributed by atoms with Gasteiger partial charge in [-0.1, -0.05) is 29.8 Å². The lowest BCUT2D eigenvalue weighted by molar-refractivity contribution is -0.167. The summed E-state index contributed by atoms with van der Waals surface area (Å²) in [6, 6.07) is 7.70. The van der Waals surface area contributed by atoms with E-state index in [1.807, 2.05) is 45.0 Å². The fourth-order valence-corrected chi connectivity index (χ4v) is 3.84. The van der Waals surface area contributed by atoms with Gasteiger partial charge < -0.3 is 10.5 Å². The Morgan fingerprint density at radius 2 is 1.87 bits per heavy atom. The molecule has 1 aromatic rings. The summed E-state index contributed by atoms with van der Waals surface area (Å²) in [4.78, 5) is 12.8. The first-order valence-electron chi connectivity index (χ1n) is 8.15. The van der Waals surface area contributed by atoms with Gasteiger partial charge >= 0.3 is 5.97 Å². The Kier molecular flexibility index (Phi) is 3.85. The minimum Gasteiger partial charge on any atom is -0.459 e. The highest BCUT2D eigenvalue weighted by Gasteiger charge is 2.52. The predicted molar refractivity (Wildman–Crippen MR) is 93.1 cm³/mol. The molecule has 0 aliphatic heterocycles. The Morgan fingerprint density at radius 1 is 1.22 bits per heavy atom. The summed E-state index contributed by atoms with van der Waals surface area (Å²) in [7, 11) is 0. The average molecular weight is 334 g/mol. The summed E-state index contributed by atoms with van der Waals surface area (Å²) in [5, 5.41) is 0.680. The van der Waals surface area contributed by atoms with Crippen LogP contribution >= 0.6 is 11.6 Å². The molecule has 0 atom stereocenters. The summed E-state index contributed by atoms with van der Waals surface area (Å²) < 4.78 is 5.69. The minimum atomic E-state index is -0.550. The molecular weight excluding hydrogens is 310 g/mol. The van der Waals surface area contributed by atoms with Crippen molar-refractivity contribution in [2.45, 2.75) is 57.6 Å². The van der Waals surface area contributed by atoms with Crippen molar-refractivity contribution in [1.29, 1.82) is 0 Å². The highest BCUT2D eigenvalue weighted by molar-refractivity contribution is 6.30. The maximum Gasteiger partial charge on any atom is 0.316 e. The molecule has 2 bridgehead atoms. The number of carbonyl (C=O) groups is 1. The van der Waals surface area contributed by atoms with Crippen molar-refractivity contribution in [1.82, 2.24) is 0 Å². The van der Waals surface area contributed by atoms with Crippen molar-refractivity contribution in [2.75, 3.05) is 0 Å². The van der Waals surface area contributed by atoms with E-state index in [2.05, 4.69) is 6.08 Å². The fraction of sp³-hybridized carbons (Fsp3) is 0.526. The number of benzene rings is 1. The fourth-order valence-electron chi connectivity index (χ4n) is 3.65. The summed E-state index contributed by atoms with van der Waals surface area (Å²) >= 11 is 6.14. The Bertz CT molecular complexity index is 664. The van der Waals surface area contributed by atoms with Gasteiger partial charge in [-0.2, -0.15) is 0 Å². The first-order chi connectivity index (χ1) is 10.6. The maximum absolute atomic E-state index is 12.8. The van der Waals surface area contributed by atoms with E-state index in [0.717, 1.165) is 36.8 Å². The third-order valence-electron chi connectivity index (χ3n) is 4.93. The van der Waals surface area contributed by atoms with Crippen LogP contribution in [0.15, 0.2) is 30.3 Å². The van der Waals surface area contributed by atoms with E-state index in [1.54, 1.807) is 0 Å². The van der Waals surface area contributed by atoms with Gasteiger partial charge in [-0.15, -0.1) is 0 Å². The Hall–Kier alpha value is -1.32. The van der Waals surface area contributed by atoms with Crippen LogP contribution in [0.5, 0.6) is 0 Å². The zero-order valence-electron chi connectivity index (χ0n) is 14.0. The van der Waals surface area contributed by atoms with Crippen molar-refractivity contribution < 1.29 is 9.53 Å². The molecule has 4 heteroatoms. The standard InChI is InChI=1S/C19H24ClNO2/c1-17(2,3)23-16(22)18-7-9-19(21,10-8-18)15(12-18)13-5-4-6-14(20)11-13/h4-6,11-12H,7-10,21H2,1-3H3. The van der Waals surface area contributed by atoms with Crippen LogP contribution in [0.4, 0.5) is 0 Å². The first-order valence-corrected chi connectivity index (χ1v) is 8.53. The number of carbonyl (C=O) groups excluding carboxylic acids is 1. The largest absolute Gasteiger partial charge is 0.459 e. The number of esters is 1. The molecule has 0 amide bonds. The molecule has 3 aliphatic carbocycles. The molecule has 1 aromatic carbocycles. The lowest BCUT2D eigenvalue weighted by atomic mass is 9.58. The lowest BCUT2D eigenvalue weighted by Crippen LogP contribution is -2.54. The Balaban J connectivity index is 2.02. The van der Waals surface area contributed by atoms with Crippen LogP contribution in [0, 0.1) is 5.41 Å². The van der Waals surface area contributed by atoms with Gasteiger partial charge in [0.25, 0.3) is 0 Å². The molecule has 4 rings (SSSR count). The Labute approximate surface area is 142 Å². The molecule has 0 saturated heterocycles. The van der Waals surface area contributed by atoms with Crippen LogP contribution < -0.4 is 5.73 Å². The van der Waals surface area contributed by atoms with Crippen molar-refractivity contribution in [3.8, 4) is 0 Å². The molecule has 2 N–H and O–H groups in total. The van der Waals surface area contributed by atoms with Crippen molar-refractivity contribution in [3.05, 3.63) is 40.9 Å². The van der Waals surface area contributed by atoms with Crippen molar-refractivity contribution >= 4 is 23.1 Å². The van der Waals surface area contributed by atoms with E-state index in [1.165, 1.54) is 0 Å². The molecule has 1 saturated carbocycles. The number of hydrogen-bond donors (Lipinski definition) is 1. The third kappa shape index (κ3) is 3.05. The summed E-state index contributed by atoms with van der Waals surface area (Å²) in [6.07, 6.45) is 5.15. The van der Waals surface area contributed by atoms with Gasteiger partial charge in [-0.05, 0) is 69.7 Å². The minimum absolute atomic E-state index is 0.133. The quantitative estimate of drug-likeness (QED) is 0.819. The number of fused-ring (bicyclic) bond motifs is 2. The molecule has 0 radical (unpaired) electrons. The number of rotatable bonds is 2. The van der Waals surface area contributed by atoms with Crippen LogP contribution in [0.3, 0.4) is 0 Å². The van der Waals surface area contributed by atoms with Crippen LogP contribution in [-0.2, 0) is 9.53 Å². The van der Waals surface area contributed by atoms with E-state index in [9.17, 15) is 4.79 Å². The van der Waals surface area contributed by atoms with Gasteiger partial charge in [-0.3, -0.25) is 4.79 Å². The number of nitrogens with two attached hydrogens (primary N) is 1. The highest BCUT2D eigenvalue weighted by Crippen LogP contribution is 2.54. The smallest absolute Gasteiger partial charge is 0.316 e. The van der Waals surface area contributed by atoms with E-state index in [4.69, 9.17) is 22.1 Å². The highest BCUT2D eigenvalue weighted by atomic mass is 35.5. The van der Waals surface area contributed by atoms with E-state index in [0.29, 0.717) is 5.02 Å². The molecule has 124 valence electrons. The molecule has 1 fully saturated rings. The van der Waals surface area contributed by atoms with Gasteiger partial charge in [0.1, 0.15) is 5.60 Å². The molecule has 0 unspecified atom stereocenters. The zero-order valence-corrected chi connectivity index (χ0v) is 14.7. The van der Waals surface area contributed by atoms with Crippen molar-refractivity contribution in [2.24, 2.45) is 11.1 Å². The number of halogens is 1. The molecule has 3 aliphatic rings. The summed E-state index contributed by atoms with van der Waals surface area (Å²) in [5.41, 5.74) is 7.29. The first kappa shape index (κ1) is 16.5. The monoisotopic (exact) mass is 333 g/mol. The van der Waals surface area contributed by atoms with Gasteiger partial charge in [0.2, 0.25) is 0 Å². The van der Waals surface area contributed by atoms with Gasteiger partial charge in [0, 0.05) is 10.6 Å². The second-order valence-electron chi connectivity index (χ2n) is 7.88. The van der Waals surface area contributed by atoms with Gasteiger partial charge in [0.15, 0.2) is 0 Å². The second-order valence-corrected chi connectivity index (χ2v) is 8.32. The SMILES string of the molecule is CC(C)(C)OC(=O)C12C=C(c3cccc(Cl)c3)C(N)(CC1)CC2. The Morgan fingerprint density at radius 3 is 2.43 bits per heavy atom. The molecular formula is C19H24ClNO2. The van der Waals surface area contributed by atoms with E-state index < -0.39 is 11.0 Å². The summed E-state index contributed by atoms with van der Waals surface area (Å²) in [5.74, 6) is -0.133. The number of ether oxygens (including phenoxy) is 1. The summed E-state index contributed by atoms with van der Waals surface area (Å²) in [6.45, 7) is 5.71. The van der Waals surface area contributed by atoms with E-state index in [-0.39, 0.29) is 11.5 Å². The molecule has 0 spiro atoms. The molecule has 0 aromatic heterocycles. The van der Waals surface area contributed by atoms with Crippen molar-refractivity contribution in [3.63, 3.8) is 0 Å². The maximum atomic E-state index is 12.8. The van der Waals surface area contributed by atoms with Crippen LogP contribution in [0.2, 0.25) is 5.02 Å². The second kappa shape index (κ2) is 5.35. The number of hydrogen-bond acceptors (Lipinski definition) is 3. The van der Waals surface area contributed by atoms with Gasteiger partial charge in [-0.25, -0.2) is 0 Å². The topological polar surface area (TPSA) is 52.3 Å². The van der Waals surface area contributed by atoms with Crippen LogP contribution in [0.25, 0.3) is 5.57 Å². The van der Waals surface area contributed by atoms with Crippen LogP contribution in [0.1, 0.15) is 52.0 Å². The third-order valence-corrected chi connectivity index (χ3v) is 5.17. The molecule has 3 nitrogen and oxygen atoms in total.